The van der Waals surface area contributed by atoms with Crippen molar-refractivity contribution in [2.45, 2.75) is 12.8 Å². The van der Waals surface area contributed by atoms with Crippen LogP contribution in [0, 0.1) is 5.92 Å². The topological polar surface area (TPSA) is 84.3 Å². The highest BCUT2D eigenvalue weighted by atomic mass is 16.5. The molecule has 3 heterocycles. The van der Waals surface area contributed by atoms with E-state index in [4.69, 9.17) is 4.74 Å². The number of nitrogens with zero attached hydrogens (tertiary/aromatic N) is 3. The first-order valence-corrected chi connectivity index (χ1v) is 6.09. The minimum Gasteiger partial charge on any atom is -0.478 e. The van der Waals surface area contributed by atoms with Gasteiger partial charge in [0, 0.05) is 6.07 Å². The summed E-state index contributed by atoms with van der Waals surface area (Å²) >= 11 is 0. The summed E-state index contributed by atoms with van der Waals surface area (Å²) in [6.07, 6.45) is 3.66. The Morgan fingerprint density at radius 2 is 2.50 bits per heavy atom. The number of ether oxygens (including phenoxy) is 1. The van der Waals surface area contributed by atoms with Crippen molar-refractivity contribution in [2.24, 2.45) is 5.92 Å². The molecule has 1 fully saturated rings. The Balaban J connectivity index is 1.62. The van der Waals surface area contributed by atoms with E-state index in [2.05, 4.69) is 20.5 Å². The van der Waals surface area contributed by atoms with Crippen molar-refractivity contribution < 1.29 is 4.74 Å². The number of nitrogens with one attached hydrogen (secondary N) is 2. The second kappa shape index (κ2) is 4.77. The summed E-state index contributed by atoms with van der Waals surface area (Å²) in [5.74, 6) is 1.20. The second-order valence-electron chi connectivity index (χ2n) is 4.48. The molecule has 2 aromatic rings. The van der Waals surface area contributed by atoms with Gasteiger partial charge in [0.15, 0.2) is 5.65 Å². The molecule has 0 aliphatic carbocycles. The normalized spacial score (nSPS) is 19.4. The summed E-state index contributed by atoms with van der Waals surface area (Å²) in [5, 5.41) is 9.54. The van der Waals surface area contributed by atoms with Gasteiger partial charge in [-0.3, -0.25) is 0 Å². The molecule has 96 valence electrons. The fraction of sp³-hybridized carbons (Fsp3) is 0.545. The summed E-state index contributed by atoms with van der Waals surface area (Å²) in [5.41, 5.74) is 0.230. The predicted octanol–water partition coefficient (Wildman–Crippen LogP) is -0.204. The third-order valence-corrected chi connectivity index (χ3v) is 3.22. The summed E-state index contributed by atoms with van der Waals surface area (Å²) in [6, 6.07) is 1.66. The van der Waals surface area contributed by atoms with Gasteiger partial charge in [0.1, 0.15) is 6.33 Å². The first-order valence-electron chi connectivity index (χ1n) is 6.09. The van der Waals surface area contributed by atoms with Gasteiger partial charge < -0.3 is 10.1 Å². The van der Waals surface area contributed by atoms with Crippen molar-refractivity contribution in [3.8, 4) is 5.88 Å². The van der Waals surface area contributed by atoms with Crippen molar-refractivity contribution in [1.29, 1.82) is 0 Å². The number of hydrogen-bond acceptors (Lipinski definition) is 5. The molecular weight excluding hydrogens is 234 g/mol. The van der Waals surface area contributed by atoms with E-state index >= 15 is 0 Å². The molecule has 1 aliphatic heterocycles. The third-order valence-electron chi connectivity index (χ3n) is 3.22. The van der Waals surface area contributed by atoms with E-state index < -0.39 is 0 Å². The van der Waals surface area contributed by atoms with Crippen molar-refractivity contribution in [3.63, 3.8) is 0 Å². The fourth-order valence-corrected chi connectivity index (χ4v) is 2.16. The summed E-state index contributed by atoms with van der Waals surface area (Å²) in [6.45, 7) is 2.82. The standard InChI is InChI=1S/C11H15N5O2/c17-11-15-14-9-5-10(13-7-16(9)11)18-4-2-8-1-3-12-6-8/h5,7-8,12H,1-4,6H2,(H,15,17). The maximum atomic E-state index is 11.2. The molecule has 1 atom stereocenters. The predicted molar refractivity (Wildman–Crippen MR) is 64.7 cm³/mol. The van der Waals surface area contributed by atoms with Gasteiger partial charge in [-0.15, -0.1) is 0 Å². The lowest BCUT2D eigenvalue weighted by Gasteiger charge is -2.08. The number of hydrogen-bond donors (Lipinski definition) is 2. The van der Waals surface area contributed by atoms with Gasteiger partial charge in [-0.25, -0.2) is 19.3 Å². The number of aromatic nitrogens is 4. The highest BCUT2D eigenvalue weighted by Gasteiger charge is 2.14. The molecule has 0 bridgehead atoms. The minimum absolute atomic E-state index is 0.291. The number of rotatable bonds is 4. The molecule has 0 saturated carbocycles. The molecule has 18 heavy (non-hydrogen) atoms. The third kappa shape index (κ3) is 2.21. The van der Waals surface area contributed by atoms with E-state index in [9.17, 15) is 4.79 Å². The quantitative estimate of drug-likeness (QED) is 0.783. The lowest BCUT2D eigenvalue weighted by molar-refractivity contribution is 0.274. The largest absolute Gasteiger partial charge is 0.478 e. The average Bonchev–Trinajstić information content (AvgIpc) is 3.00. The van der Waals surface area contributed by atoms with Gasteiger partial charge in [0.25, 0.3) is 0 Å². The van der Waals surface area contributed by atoms with E-state index in [0.29, 0.717) is 24.1 Å². The molecule has 0 amide bonds. The van der Waals surface area contributed by atoms with Gasteiger partial charge in [-0.1, -0.05) is 0 Å². The average molecular weight is 249 g/mol. The molecule has 7 heteroatoms. The molecule has 1 aliphatic rings. The van der Waals surface area contributed by atoms with Crippen LogP contribution in [0.2, 0.25) is 0 Å². The molecule has 7 nitrogen and oxygen atoms in total. The van der Waals surface area contributed by atoms with Gasteiger partial charge in [-0.05, 0) is 31.8 Å². The first-order chi connectivity index (χ1) is 8.83. The maximum absolute atomic E-state index is 11.2. The molecule has 1 unspecified atom stereocenters. The van der Waals surface area contributed by atoms with E-state index in [1.807, 2.05) is 0 Å². The summed E-state index contributed by atoms with van der Waals surface area (Å²) in [4.78, 5) is 15.3. The zero-order valence-electron chi connectivity index (χ0n) is 9.93. The Morgan fingerprint density at radius 1 is 1.56 bits per heavy atom. The van der Waals surface area contributed by atoms with Crippen LogP contribution in [0.1, 0.15) is 12.8 Å². The number of fused-ring (bicyclic) bond motifs is 1. The van der Waals surface area contributed by atoms with Crippen LogP contribution in [0.4, 0.5) is 0 Å². The Labute approximate surface area is 103 Å². The van der Waals surface area contributed by atoms with Crippen LogP contribution >= 0.6 is 0 Å². The lowest BCUT2D eigenvalue weighted by Crippen LogP contribution is -2.12. The van der Waals surface area contributed by atoms with Crippen molar-refractivity contribution in [2.75, 3.05) is 19.7 Å². The Morgan fingerprint density at radius 3 is 3.33 bits per heavy atom. The van der Waals surface area contributed by atoms with Crippen molar-refractivity contribution >= 4 is 5.65 Å². The molecule has 3 rings (SSSR count). The lowest BCUT2D eigenvalue weighted by atomic mass is 10.1. The summed E-state index contributed by atoms with van der Waals surface area (Å²) < 4.78 is 6.92. The van der Waals surface area contributed by atoms with Gasteiger partial charge in [-0.2, -0.15) is 5.10 Å². The Kier molecular flexibility index (Phi) is 2.97. The SMILES string of the molecule is O=c1[nH]nc2cc(OCCC3CCNC3)ncn12. The van der Waals surface area contributed by atoms with Gasteiger partial charge in [0.2, 0.25) is 5.88 Å². The van der Waals surface area contributed by atoms with Crippen LogP contribution in [0.25, 0.3) is 5.65 Å². The first kappa shape index (κ1) is 11.2. The van der Waals surface area contributed by atoms with Crippen molar-refractivity contribution in [1.82, 2.24) is 24.9 Å². The van der Waals surface area contributed by atoms with Gasteiger partial charge >= 0.3 is 5.69 Å². The maximum Gasteiger partial charge on any atom is 0.348 e. The molecule has 2 N–H and O–H groups in total. The number of H-pyrrole nitrogens is 1. The van der Waals surface area contributed by atoms with E-state index in [1.54, 1.807) is 6.07 Å². The van der Waals surface area contributed by atoms with Crippen LogP contribution in [0.3, 0.4) is 0 Å². The van der Waals surface area contributed by atoms with Crippen LogP contribution in [-0.2, 0) is 0 Å². The molecule has 2 aromatic heterocycles. The summed E-state index contributed by atoms with van der Waals surface area (Å²) in [7, 11) is 0. The zero-order valence-corrected chi connectivity index (χ0v) is 9.93. The van der Waals surface area contributed by atoms with Crippen molar-refractivity contribution in [3.05, 3.63) is 22.9 Å². The molecule has 0 aromatic carbocycles. The molecular formula is C11H15N5O2. The molecule has 0 radical (unpaired) electrons. The smallest absolute Gasteiger partial charge is 0.348 e. The zero-order chi connectivity index (χ0) is 12.4. The van der Waals surface area contributed by atoms with Crippen LogP contribution in [0.15, 0.2) is 17.2 Å². The highest BCUT2D eigenvalue weighted by Crippen LogP contribution is 2.13. The van der Waals surface area contributed by atoms with E-state index in [0.717, 1.165) is 19.5 Å². The monoisotopic (exact) mass is 249 g/mol. The van der Waals surface area contributed by atoms with Gasteiger partial charge in [0.05, 0.1) is 6.61 Å². The Bertz CT molecular complexity index is 584. The number of aromatic amines is 1. The molecule has 0 spiro atoms. The van der Waals surface area contributed by atoms with E-state index in [1.165, 1.54) is 17.1 Å². The Hall–Kier alpha value is -1.89. The fourth-order valence-electron chi connectivity index (χ4n) is 2.16. The molecule has 1 saturated heterocycles. The van der Waals surface area contributed by atoms with Crippen LogP contribution in [0.5, 0.6) is 5.88 Å². The van der Waals surface area contributed by atoms with Crippen LogP contribution < -0.4 is 15.7 Å². The second-order valence-corrected chi connectivity index (χ2v) is 4.48. The highest BCUT2D eigenvalue weighted by molar-refractivity contribution is 5.38. The van der Waals surface area contributed by atoms with E-state index in [-0.39, 0.29) is 5.69 Å². The minimum atomic E-state index is -0.291. The van der Waals surface area contributed by atoms with Crippen LogP contribution in [-0.4, -0.2) is 39.3 Å².